The highest BCUT2D eigenvalue weighted by Gasteiger charge is 2.19. The second-order valence-corrected chi connectivity index (χ2v) is 3.98. The van der Waals surface area contributed by atoms with Crippen LogP contribution in [-0.4, -0.2) is 31.2 Å². The summed E-state index contributed by atoms with van der Waals surface area (Å²) in [5.74, 6) is -0.706. The number of nitrogens with one attached hydrogen (secondary N) is 1. The fourth-order valence-corrected chi connectivity index (χ4v) is 1.48. The van der Waals surface area contributed by atoms with Gasteiger partial charge in [0.2, 0.25) is 0 Å². The summed E-state index contributed by atoms with van der Waals surface area (Å²) in [6, 6.07) is 0. The number of hydrogen-bond acceptors (Lipinski definition) is 4. The lowest BCUT2D eigenvalue weighted by atomic mass is 10.1. The minimum Gasteiger partial charge on any atom is -0.469 e. The largest absolute Gasteiger partial charge is 0.469 e. The number of rotatable bonds is 5. The van der Waals surface area contributed by atoms with Crippen LogP contribution in [0, 0.1) is 6.92 Å². The fraction of sp³-hybridized carbons (Fsp3) is 0.286. The standard InChI is InChI=1S/C14H17N2O3/c1-5-9(2)13-10(3)8-11(16-13)14(18)15-7-6-12(17)19-4/h5,8H,1,3,6-7H2,2,4H3,(H,15,18)/b9-5-. The smallest absolute Gasteiger partial charge is 0.307 e. The van der Waals surface area contributed by atoms with E-state index >= 15 is 0 Å². The van der Waals surface area contributed by atoms with Gasteiger partial charge < -0.3 is 10.1 Å². The summed E-state index contributed by atoms with van der Waals surface area (Å²) < 4.78 is 4.48. The van der Waals surface area contributed by atoms with Crippen molar-refractivity contribution in [3.63, 3.8) is 0 Å². The summed E-state index contributed by atoms with van der Waals surface area (Å²) in [5.41, 5.74) is 2.48. The molecule has 0 aromatic carbocycles. The Morgan fingerprint density at radius 2 is 2.21 bits per heavy atom. The Bertz CT molecular complexity index is 499. The predicted octanol–water partition coefficient (Wildman–Crippen LogP) is 1.34. The van der Waals surface area contributed by atoms with Gasteiger partial charge in [0, 0.05) is 6.54 Å². The Kier molecular flexibility index (Phi) is 5.23. The minimum atomic E-state index is -0.370. The van der Waals surface area contributed by atoms with E-state index in [4.69, 9.17) is 0 Å². The molecule has 1 radical (unpaired) electrons. The van der Waals surface area contributed by atoms with Gasteiger partial charge in [-0.25, -0.2) is 4.99 Å². The molecule has 0 fully saturated rings. The topological polar surface area (TPSA) is 67.8 Å². The first-order valence-corrected chi connectivity index (χ1v) is 5.80. The van der Waals surface area contributed by atoms with Crippen LogP contribution in [-0.2, 0) is 14.3 Å². The maximum Gasteiger partial charge on any atom is 0.307 e. The van der Waals surface area contributed by atoms with Crippen LogP contribution in [0.1, 0.15) is 13.3 Å². The number of allylic oxidation sites excluding steroid dienone is 4. The molecule has 5 heteroatoms. The third-order valence-electron chi connectivity index (χ3n) is 2.60. The van der Waals surface area contributed by atoms with E-state index in [-0.39, 0.29) is 30.5 Å². The van der Waals surface area contributed by atoms with Gasteiger partial charge in [0.15, 0.2) is 0 Å². The van der Waals surface area contributed by atoms with Gasteiger partial charge in [-0.15, -0.1) is 0 Å². The van der Waals surface area contributed by atoms with Crippen LogP contribution in [0.15, 0.2) is 40.6 Å². The van der Waals surface area contributed by atoms with Crippen molar-refractivity contribution in [1.82, 2.24) is 5.32 Å². The Hall–Kier alpha value is -2.17. The van der Waals surface area contributed by atoms with Crippen LogP contribution in [0.5, 0.6) is 0 Å². The van der Waals surface area contributed by atoms with Crippen LogP contribution < -0.4 is 5.32 Å². The van der Waals surface area contributed by atoms with E-state index in [1.807, 2.05) is 6.92 Å². The lowest BCUT2D eigenvalue weighted by Crippen LogP contribution is -2.26. The van der Waals surface area contributed by atoms with E-state index in [1.54, 1.807) is 12.2 Å². The molecule has 1 rings (SSSR count). The molecule has 1 aliphatic rings. The quantitative estimate of drug-likeness (QED) is 0.759. The Labute approximate surface area is 112 Å². The molecule has 0 saturated carbocycles. The number of methoxy groups -OCH3 is 1. The number of amides is 1. The molecule has 5 nitrogen and oxygen atoms in total. The molecule has 0 aromatic rings. The van der Waals surface area contributed by atoms with E-state index in [0.29, 0.717) is 11.3 Å². The van der Waals surface area contributed by atoms with E-state index < -0.39 is 0 Å². The monoisotopic (exact) mass is 261 g/mol. The van der Waals surface area contributed by atoms with Crippen molar-refractivity contribution in [2.45, 2.75) is 13.3 Å². The number of ether oxygens (including phenoxy) is 1. The zero-order chi connectivity index (χ0) is 14.4. The first kappa shape index (κ1) is 14.9. The van der Waals surface area contributed by atoms with Crippen LogP contribution in [0.25, 0.3) is 0 Å². The first-order valence-electron chi connectivity index (χ1n) is 5.80. The van der Waals surface area contributed by atoms with E-state index in [0.717, 1.165) is 5.57 Å². The number of nitrogens with zero attached hydrogens (tertiary/aromatic N) is 1. The maximum absolute atomic E-state index is 11.8. The zero-order valence-electron chi connectivity index (χ0n) is 11.2. The maximum atomic E-state index is 11.8. The van der Waals surface area contributed by atoms with Crippen molar-refractivity contribution < 1.29 is 14.3 Å². The number of esters is 1. The van der Waals surface area contributed by atoms with Gasteiger partial charge in [-0.1, -0.05) is 12.7 Å². The average molecular weight is 261 g/mol. The Morgan fingerprint density at radius 1 is 1.53 bits per heavy atom. The molecule has 19 heavy (non-hydrogen) atoms. The number of aliphatic imine (C=N–C) groups is 1. The highest BCUT2D eigenvalue weighted by molar-refractivity contribution is 6.18. The van der Waals surface area contributed by atoms with Gasteiger partial charge in [-0.05, 0) is 31.1 Å². The highest BCUT2D eigenvalue weighted by Crippen LogP contribution is 2.19. The SMILES string of the molecule is [CH2]/C=C(/C)C1=NC(C(=O)NCCC(=O)OC)=CC1=C. The molecule has 0 atom stereocenters. The Balaban J connectivity index is 2.60. The Morgan fingerprint density at radius 3 is 2.79 bits per heavy atom. The van der Waals surface area contributed by atoms with E-state index in [2.05, 4.69) is 28.5 Å². The molecule has 0 spiro atoms. The molecular formula is C14H17N2O3. The summed E-state index contributed by atoms with van der Waals surface area (Å²) in [6.07, 6.45) is 3.40. The summed E-state index contributed by atoms with van der Waals surface area (Å²) in [7, 11) is 1.30. The first-order chi connectivity index (χ1) is 8.99. The van der Waals surface area contributed by atoms with E-state index in [9.17, 15) is 9.59 Å². The lowest BCUT2D eigenvalue weighted by molar-refractivity contribution is -0.140. The molecule has 0 unspecified atom stereocenters. The molecule has 1 N–H and O–H groups in total. The van der Waals surface area contributed by atoms with Crippen molar-refractivity contribution in [2.75, 3.05) is 13.7 Å². The molecule has 1 aliphatic heterocycles. The third kappa shape index (κ3) is 3.91. The van der Waals surface area contributed by atoms with Crippen molar-refractivity contribution in [3.8, 4) is 0 Å². The van der Waals surface area contributed by atoms with Gasteiger partial charge >= 0.3 is 5.97 Å². The second kappa shape index (κ2) is 6.68. The summed E-state index contributed by atoms with van der Waals surface area (Å²) >= 11 is 0. The number of hydrogen-bond donors (Lipinski definition) is 1. The minimum absolute atomic E-state index is 0.130. The van der Waals surface area contributed by atoms with Crippen molar-refractivity contribution in [2.24, 2.45) is 4.99 Å². The van der Waals surface area contributed by atoms with Crippen molar-refractivity contribution >= 4 is 17.6 Å². The van der Waals surface area contributed by atoms with Crippen molar-refractivity contribution in [3.05, 3.63) is 42.5 Å². The van der Waals surface area contributed by atoms with Gasteiger partial charge in [0.1, 0.15) is 5.70 Å². The zero-order valence-corrected chi connectivity index (χ0v) is 11.2. The van der Waals surface area contributed by atoms with Crippen LogP contribution in [0.4, 0.5) is 0 Å². The number of carbonyl (C=O) groups is 2. The molecule has 0 aliphatic carbocycles. The summed E-state index contributed by atoms with van der Waals surface area (Å²) in [5, 5.41) is 2.60. The van der Waals surface area contributed by atoms with Crippen molar-refractivity contribution in [1.29, 1.82) is 0 Å². The van der Waals surface area contributed by atoms with Crippen LogP contribution in [0.3, 0.4) is 0 Å². The van der Waals surface area contributed by atoms with Gasteiger partial charge in [0.05, 0.1) is 19.2 Å². The summed E-state index contributed by atoms with van der Waals surface area (Å²) in [4.78, 5) is 26.9. The van der Waals surface area contributed by atoms with Gasteiger partial charge in [-0.2, -0.15) is 0 Å². The normalized spacial score (nSPS) is 14.9. The average Bonchev–Trinajstić information content (AvgIpc) is 2.79. The number of carbonyl (C=O) groups excluding carboxylic acids is 2. The van der Waals surface area contributed by atoms with E-state index in [1.165, 1.54) is 7.11 Å². The molecule has 0 saturated heterocycles. The predicted molar refractivity (Wildman–Crippen MR) is 73.4 cm³/mol. The third-order valence-corrected chi connectivity index (χ3v) is 2.60. The molecule has 0 aromatic heterocycles. The molecule has 1 heterocycles. The second-order valence-electron chi connectivity index (χ2n) is 3.98. The van der Waals surface area contributed by atoms with Crippen LogP contribution >= 0.6 is 0 Å². The van der Waals surface area contributed by atoms with Crippen LogP contribution in [0.2, 0.25) is 0 Å². The highest BCUT2D eigenvalue weighted by atomic mass is 16.5. The lowest BCUT2D eigenvalue weighted by Gasteiger charge is -2.03. The molecular weight excluding hydrogens is 244 g/mol. The molecule has 0 bridgehead atoms. The molecule has 1 amide bonds. The molecule has 101 valence electrons. The fourth-order valence-electron chi connectivity index (χ4n) is 1.48. The van der Waals surface area contributed by atoms with Gasteiger partial charge in [-0.3, -0.25) is 9.59 Å². The van der Waals surface area contributed by atoms with Gasteiger partial charge in [0.25, 0.3) is 5.91 Å². The summed E-state index contributed by atoms with van der Waals surface area (Å²) in [6.45, 7) is 9.55.